The van der Waals surface area contributed by atoms with Crippen LogP contribution in [0.15, 0.2) is 28.7 Å². The number of halogens is 1. The van der Waals surface area contributed by atoms with E-state index in [1.807, 2.05) is 31.2 Å². The first-order valence-electron chi connectivity index (χ1n) is 6.51. The first-order chi connectivity index (χ1) is 9.04. The maximum atomic E-state index is 11.8. The summed E-state index contributed by atoms with van der Waals surface area (Å²) in [5.41, 5.74) is 1.07. The summed E-state index contributed by atoms with van der Waals surface area (Å²) in [4.78, 5) is 11.8. The summed E-state index contributed by atoms with van der Waals surface area (Å²) in [7, 11) is 0. The van der Waals surface area contributed by atoms with E-state index in [0.717, 1.165) is 16.5 Å². The molecule has 1 rings (SSSR count). The molecule has 0 fully saturated rings. The largest absolute Gasteiger partial charge is 0.393 e. The van der Waals surface area contributed by atoms with Gasteiger partial charge in [-0.15, -0.1) is 0 Å². The van der Waals surface area contributed by atoms with Crippen LogP contribution in [0.4, 0.5) is 4.79 Å². The minimum Gasteiger partial charge on any atom is -0.393 e. The van der Waals surface area contributed by atoms with Crippen LogP contribution in [-0.4, -0.2) is 23.8 Å². The predicted molar refractivity (Wildman–Crippen MR) is 80.0 cm³/mol. The lowest BCUT2D eigenvalue weighted by Gasteiger charge is -2.19. The van der Waals surface area contributed by atoms with Gasteiger partial charge in [-0.2, -0.15) is 0 Å². The molecule has 2 atom stereocenters. The first-order valence-corrected chi connectivity index (χ1v) is 7.30. The van der Waals surface area contributed by atoms with Crippen LogP contribution in [0.5, 0.6) is 0 Å². The van der Waals surface area contributed by atoms with E-state index in [-0.39, 0.29) is 12.1 Å². The fraction of sp³-hybridized carbons (Fsp3) is 0.500. The van der Waals surface area contributed by atoms with Crippen molar-refractivity contribution in [3.63, 3.8) is 0 Å². The topological polar surface area (TPSA) is 61.4 Å². The van der Waals surface area contributed by atoms with Crippen molar-refractivity contribution in [1.82, 2.24) is 10.6 Å². The van der Waals surface area contributed by atoms with E-state index in [9.17, 15) is 4.79 Å². The fourth-order valence-electron chi connectivity index (χ4n) is 1.76. The third kappa shape index (κ3) is 5.61. The number of benzene rings is 1. The minimum atomic E-state index is -0.398. The highest BCUT2D eigenvalue weighted by Crippen LogP contribution is 2.25. The molecule has 0 saturated heterocycles. The molecule has 0 bridgehead atoms. The van der Waals surface area contributed by atoms with E-state index in [2.05, 4.69) is 26.6 Å². The van der Waals surface area contributed by atoms with Gasteiger partial charge in [0, 0.05) is 11.0 Å². The molecule has 2 unspecified atom stereocenters. The normalized spacial score (nSPS) is 13.7. The molecule has 1 aromatic rings. The van der Waals surface area contributed by atoms with Crippen LogP contribution in [0.3, 0.4) is 0 Å². The Kier molecular flexibility index (Phi) is 6.87. The van der Waals surface area contributed by atoms with Gasteiger partial charge >= 0.3 is 6.03 Å². The van der Waals surface area contributed by atoms with Crippen LogP contribution in [0.25, 0.3) is 0 Å². The van der Waals surface area contributed by atoms with Crippen molar-refractivity contribution >= 4 is 22.0 Å². The van der Waals surface area contributed by atoms with Crippen molar-refractivity contribution in [1.29, 1.82) is 0 Å². The molecule has 0 saturated carbocycles. The van der Waals surface area contributed by atoms with E-state index >= 15 is 0 Å². The third-order valence-corrected chi connectivity index (χ3v) is 3.56. The molecule has 0 radical (unpaired) electrons. The number of urea groups is 1. The summed E-state index contributed by atoms with van der Waals surface area (Å²) in [6.07, 6.45) is 0.969. The SMILES string of the molecule is CCC(NC(=O)NCCC(C)O)c1ccccc1Br. The highest BCUT2D eigenvalue weighted by molar-refractivity contribution is 9.10. The first kappa shape index (κ1) is 16.0. The number of rotatable bonds is 6. The molecule has 2 amide bonds. The lowest BCUT2D eigenvalue weighted by atomic mass is 10.1. The number of aliphatic hydroxyl groups excluding tert-OH is 1. The highest BCUT2D eigenvalue weighted by atomic mass is 79.9. The predicted octanol–water partition coefficient (Wildman–Crippen LogP) is 2.97. The van der Waals surface area contributed by atoms with E-state index in [1.165, 1.54) is 0 Å². The van der Waals surface area contributed by atoms with Gasteiger partial charge < -0.3 is 15.7 Å². The second-order valence-electron chi connectivity index (χ2n) is 4.52. The van der Waals surface area contributed by atoms with Crippen LogP contribution in [0, 0.1) is 0 Å². The summed E-state index contributed by atoms with van der Waals surface area (Å²) in [6.45, 7) is 4.20. The molecule has 5 heteroatoms. The maximum absolute atomic E-state index is 11.8. The monoisotopic (exact) mass is 328 g/mol. The Hall–Kier alpha value is -1.07. The van der Waals surface area contributed by atoms with Crippen molar-refractivity contribution in [3.8, 4) is 0 Å². The summed E-state index contributed by atoms with van der Waals surface area (Å²) in [6, 6.07) is 7.63. The molecule has 106 valence electrons. The maximum Gasteiger partial charge on any atom is 0.315 e. The molecule has 3 N–H and O–H groups in total. The number of amides is 2. The molecule has 4 nitrogen and oxygen atoms in total. The van der Waals surface area contributed by atoms with Crippen molar-refractivity contribution in [2.45, 2.75) is 38.8 Å². The van der Waals surface area contributed by atoms with Gasteiger partial charge in [0.05, 0.1) is 12.1 Å². The highest BCUT2D eigenvalue weighted by Gasteiger charge is 2.14. The molecule has 0 aliphatic rings. The Balaban J connectivity index is 2.53. The van der Waals surface area contributed by atoms with E-state index < -0.39 is 6.10 Å². The summed E-state index contributed by atoms with van der Waals surface area (Å²) in [5, 5.41) is 14.8. The molecule has 0 spiro atoms. The zero-order valence-corrected chi connectivity index (χ0v) is 12.9. The zero-order chi connectivity index (χ0) is 14.3. The number of hydrogen-bond donors (Lipinski definition) is 3. The fourth-order valence-corrected chi connectivity index (χ4v) is 2.32. The standard InChI is InChI=1S/C14H21BrN2O2/c1-3-13(11-6-4-5-7-12(11)15)17-14(19)16-9-8-10(2)18/h4-7,10,13,18H,3,8-9H2,1-2H3,(H2,16,17,19). The van der Waals surface area contributed by atoms with Crippen LogP contribution >= 0.6 is 15.9 Å². The Labute approximate surface area is 122 Å². The van der Waals surface area contributed by atoms with Gasteiger partial charge in [0.1, 0.15) is 0 Å². The molecule has 0 aliphatic carbocycles. The number of hydrogen-bond acceptors (Lipinski definition) is 2. The molecule has 0 aromatic heterocycles. The van der Waals surface area contributed by atoms with Gasteiger partial charge in [-0.05, 0) is 31.4 Å². The lowest BCUT2D eigenvalue weighted by Crippen LogP contribution is -2.38. The van der Waals surface area contributed by atoms with E-state index in [4.69, 9.17) is 5.11 Å². The third-order valence-electron chi connectivity index (χ3n) is 2.84. The van der Waals surface area contributed by atoms with Gasteiger partial charge in [0.25, 0.3) is 0 Å². The smallest absolute Gasteiger partial charge is 0.315 e. The molecular formula is C14H21BrN2O2. The average molecular weight is 329 g/mol. The second-order valence-corrected chi connectivity index (χ2v) is 5.37. The zero-order valence-electron chi connectivity index (χ0n) is 11.3. The van der Waals surface area contributed by atoms with E-state index in [0.29, 0.717) is 13.0 Å². The Bertz CT molecular complexity index is 410. The molecule has 1 aromatic carbocycles. The average Bonchev–Trinajstić information content (AvgIpc) is 2.36. The van der Waals surface area contributed by atoms with Gasteiger partial charge in [0.15, 0.2) is 0 Å². The Morgan fingerprint density at radius 2 is 2.11 bits per heavy atom. The van der Waals surface area contributed by atoms with Crippen molar-refractivity contribution < 1.29 is 9.90 Å². The van der Waals surface area contributed by atoms with Gasteiger partial charge in [0.2, 0.25) is 0 Å². The summed E-state index contributed by atoms with van der Waals surface area (Å²) >= 11 is 3.49. The summed E-state index contributed by atoms with van der Waals surface area (Å²) in [5.74, 6) is 0. The van der Waals surface area contributed by atoms with Crippen molar-refractivity contribution in [2.75, 3.05) is 6.54 Å². The van der Waals surface area contributed by atoms with E-state index in [1.54, 1.807) is 6.92 Å². The number of carbonyl (C=O) groups is 1. The number of aliphatic hydroxyl groups is 1. The summed E-state index contributed by atoms with van der Waals surface area (Å²) < 4.78 is 0.992. The minimum absolute atomic E-state index is 0.0258. The quantitative estimate of drug-likeness (QED) is 0.751. The Morgan fingerprint density at radius 1 is 1.42 bits per heavy atom. The molecule has 0 aliphatic heterocycles. The second kappa shape index (κ2) is 8.17. The van der Waals surface area contributed by atoms with Crippen LogP contribution in [0.1, 0.15) is 38.3 Å². The van der Waals surface area contributed by atoms with Crippen LogP contribution in [0.2, 0.25) is 0 Å². The van der Waals surface area contributed by atoms with Crippen molar-refractivity contribution in [3.05, 3.63) is 34.3 Å². The number of nitrogens with one attached hydrogen (secondary N) is 2. The van der Waals surface area contributed by atoms with Crippen LogP contribution in [-0.2, 0) is 0 Å². The van der Waals surface area contributed by atoms with Gasteiger partial charge in [-0.1, -0.05) is 41.1 Å². The van der Waals surface area contributed by atoms with Gasteiger partial charge in [-0.3, -0.25) is 0 Å². The van der Waals surface area contributed by atoms with Gasteiger partial charge in [-0.25, -0.2) is 4.79 Å². The number of carbonyl (C=O) groups excluding carboxylic acids is 1. The molecule has 0 heterocycles. The molecule has 19 heavy (non-hydrogen) atoms. The van der Waals surface area contributed by atoms with Crippen molar-refractivity contribution in [2.24, 2.45) is 0 Å². The van der Waals surface area contributed by atoms with Crippen LogP contribution < -0.4 is 10.6 Å². The lowest BCUT2D eigenvalue weighted by molar-refractivity contribution is 0.183. The Morgan fingerprint density at radius 3 is 2.68 bits per heavy atom. The molecular weight excluding hydrogens is 308 g/mol.